The van der Waals surface area contributed by atoms with Crippen LogP contribution < -0.4 is 0 Å². The normalized spacial score (nSPS) is 16.6. The minimum Gasteiger partial charge on any atom is -0.461 e. The maximum atomic E-state index is 12.8. The van der Waals surface area contributed by atoms with Crippen LogP contribution in [0.15, 0.2) is 62.6 Å². The van der Waals surface area contributed by atoms with Gasteiger partial charge in [0.2, 0.25) is 15.8 Å². The van der Waals surface area contributed by atoms with Crippen molar-refractivity contribution in [3.05, 3.63) is 60.0 Å². The summed E-state index contributed by atoms with van der Waals surface area (Å²) < 4.78 is 37.7. The zero-order valence-electron chi connectivity index (χ0n) is 15.0. The van der Waals surface area contributed by atoms with Gasteiger partial charge in [0.25, 0.3) is 0 Å². The molecule has 3 heterocycles. The van der Waals surface area contributed by atoms with Gasteiger partial charge >= 0.3 is 0 Å². The number of sulfonamides is 1. The van der Waals surface area contributed by atoms with E-state index in [9.17, 15) is 8.42 Å². The van der Waals surface area contributed by atoms with Crippen LogP contribution in [0, 0.1) is 6.92 Å². The Morgan fingerprint density at radius 2 is 1.78 bits per heavy atom. The van der Waals surface area contributed by atoms with Crippen LogP contribution >= 0.6 is 0 Å². The molecule has 4 rings (SSSR count). The molecule has 1 aromatic carbocycles. The summed E-state index contributed by atoms with van der Waals surface area (Å²) in [4.78, 5) is 2.52. The van der Waals surface area contributed by atoms with E-state index in [2.05, 4.69) is 10.1 Å². The number of hydrogen-bond donors (Lipinski definition) is 0. The van der Waals surface area contributed by atoms with E-state index in [1.807, 2.05) is 31.2 Å². The van der Waals surface area contributed by atoms with E-state index in [0.717, 1.165) is 11.3 Å². The van der Waals surface area contributed by atoms with E-state index >= 15 is 0 Å². The number of furan rings is 1. The van der Waals surface area contributed by atoms with Gasteiger partial charge in [-0.15, -0.1) is 0 Å². The fourth-order valence-corrected chi connectivity index (χ4v) is 4.56. The highest BCUT2D eigenvalue weighted by Crippen LogP contribution is 2.22. The van der Waals surface area contributed by atoms with E-state index in [1.54, 1.807) is 28.8 Å². The van der Waals surface area contributed by atoms with Crippen molar-refractivity contribution in [2.45, 2.75) is 18.4 Å². The van der Waals surface area contributed by atoms with Crippen LogP contribution in [0.4, 0.5) is 0 Å². The first-order valence-electron chi connectivity index (χ1n) is 8.81. The van der Waals surface area contributed by atoms with Gasteiger partial charge in [-0.3, -0.25) is 4.90 Å². The number of rotatable bonds is 5. The van der Waals surface area contributed by atoms with Crippen LogP contribution in [0.2, 0.25) is 0 Å². The molecule has 0 amide bonds. The summed E-state index contributed by atoms with van der Waals surface area (Å²) in [5.74, 6) is 1.23. The van der Waals surface area contributed by atoms with Gasteiger partial charge in [-0.1, -0.05) is 22.9 Å². The second-order valence-corrected chi connectivity index (χ2v) is 8.59. The predicted molar refractivity (Wildman–Crippen MR) is 99.4 cm³/mol. The zero-order chi connectivity index (χ0) is 18.9. The molecule has 0 radical (unpaired) electrons. The molecule has 0 spiro atoms. The summed E-state index contributed by atoms with van der Waals surface area (Å²) in [6, 6.07) is 12.5. The van der Waals surface area contributed by atoms with Gasteiger partial charge in [0.1, 0.15) is 0 Å². The second-order valence-electron chi connectivity index (χ2n) is 6.65. The largest absolute Gasteiger partial charge is 0.461 e. The topological polar surface area (TPSA) is 79.8 Å². The molecular formula is C19H21N3O4S. The number of aryl methyl sites for hydroxylation is 1. The third kappa shape index (κ3) is 3.83. The summed E-state index contributed by atoms with van der Waals surface area (Å²) in [5.41, 5.74) is 1.84. The average molecular weight is 387 g/mol. The lowest BCUT2D eigenvalue weighted by atomic mass is 10.2. The van der Waals surface area contributed by atoms with Crippen molar-refractivity contribution in [3.63, 3.8) is 0 Å². The predicted octanol–water partition coefficient (Wildman–Crippen LogP) is 2.75. The third-order valence-electron chi connectivity index (χ3n) is 4.70. The van der Waals surface area contributed by atoms with Crippen molar-refractivity contribution in [2.75, 3.05) is 26.2 Å². The van der Waals surface area contributed by atoms with Gasteiger partial charge in [-0.25, -0.2) is 8.42 Å². The summed E-state index contributed by atoms with van der Waals surface area (Å²) >= 11 is 0. The molecule has 2 aromatic heterocycles. The molecule has 0 N–H and O–H groups in total. The standard InChI is InChI=1S/C19H21N3O4S/c1-15-4-6-17(7-5-15)27(23,24)22-10-8-21(9-11-22)14-16-13-19(26-20-16)18-3-2-12-25-18/h2-7,12-13H,8-11,14H2,1H3. The van der Waals surface area contributed by atoms with Crippen LogP contribution in [0.25, 0.3) is 11.5 Å². The highest BCUT2D eigenvalue weighted by Gasteiger charge is 2.28. The van der Waals surface area contributed by atoms with E-state index < -0.39 is 10.0 Å². The quantitative estimate of drug-likeness (QED) is 0.670. The third-order valence-corrected chi connectivity index (χ3v) is 6.61. The molecule has 27 heavy (non-hydrogen) atoms. The second kappa shape index (κ2) is 7.30. The Balaban J connectivity index is 1.37. The zero-order valence-corrected chi connectivity index (χ0v) is 15.9. The molecule has 1 saturated heterocycles. The van der Waals surface area contributed by atoms with Crippen molar-refractivity contribution < 1.29 is 17.4 Å². The van der Waals surface area contributed by atoms with Crippen molar-refractivity contribution >= 4 is 10.0 Å². The van der Waals surface area contributed by atoms with Crippen LogP contribution in [0.5, 0.6) is 0 Å². The Labute approximate surface area is 158 Å². The first kappa shape index (κ1) is 18.0. The highest BCUT2D eigenvalue weighted by atomic mass is 32.2. The van der Waals surface area contributed by atoms with Crippen molar-refractivity contribution in [1.82, 2.24) is 14.4 Å². The number of benzene rings is 1. The van der Waals surface area contributed by atoms with Crippen molar-refractivity contribution in [1.29, 1.82) is 0 Å². The van der Waals surface area contributed by atoms with Crippen LogP contribution in [0.1, 0.15) is 11.3 Å². The summed E-state index contributed by atoms with van der Waals surface area (Å²) in [5, 5.41) is 4.08. The molecule has 7 nitrogen and oxygen atoms in total. The number of aromatic nitrogens is 1. The van der Waals surface area contributed by atoms with Crippen LogP contribution in [-0.2, 0) is 16.6 Å². The van der Waals surface area contributed by atoms with E-state index in [-0.39, 0.29) is 0 Å². The molecule has 1 fully saturated rings. The van der Waals surface area contributed by atoms with E-state index in [0.29, 0.717) is 49.1 Å². The van der Waals surface area contributed by atoms with Crippen LogP contribution in [0.3, 0.4) is 0 Å². The number of nitrogens with zero attached hydrogens (tertiary/aromatic N) is 3. The lowest BCUT2D eigenvalue weighted by Gasteiger charge is -2.33. The Morgan fingerprint density at radius 3 is 2.44 bits per heavy atom. The molecule has 1 aliphatic rings. The van der Waals surface area contributed by atoms with Crippen LogP contribution in [-0.4, -0.2) is 49.0 Å². The minimum absolute atomic E-state index is 0.348. The monoisotopic (exact) mass is 387 g/mol. The molecule has 142 valence electrons. The highest BCUT2D eigenvalue weighted by molar-refractivity contribution is 7.89. The van der Waals surface area contributed by atoms with Crippen molar-refractivity contribution in [2.24, 2.45) is 0 Å². The van der Waals surface area contributed by atoms with E-state index in [1.165, 1.54) is 0 Å². The smallest absolute Gasteiger partial charge is 0.243 e. The lowest BCUT2D eigenvalue weighted by molar-refractivity contribution is 0.178. The fourth-order valence-electron chi connectivity index (χ4n) is 3.14. The fraction of sp³-hybridized carbons (Fsp3) is 0.316. The lowest BCUT2D eigenvalue weighted by Crippen LogP contribution is -2.48. The van der Waals surface area contributed by atoms with Gasteiger partial charge in [0.15, 0.2) is 5.76 Å². The molecule has 0 unspecified atom stereocenters. The maximum Gasteiger partial charge on any atom is 0.243 e. The molecule has 8 heteroatoms. The average Bonchev–Trinajstić information content (AvgIpc) is 3.34. The molecule has 1 aliphatic heterocycles. The number of piperazine rings is 1. The molecule has 0 saturated carbocycles. The Kier molecular flexibility index (Phi) is 4.86. The summed E-state index contributed by atoms with van der Waals surface area (Å²) in [6.07, 6.45) is 1.59. The first-order chi connectivity index (χ1) is 13.0. The van der Waals surface area contributed by atoms with Gasteiger partial charge in [-0.05, 0) is 31.2 Å². The Bertz CT molecular complexity index is 986. The van der Waals surface area contributed by atoms with Gasteiger partial charge in [0.05, 0.1) is 16.9 Å². The van der Waals surface area contributed by atoms with Gasteiger partial charge in [0, 0.05) is 38.8 Å². The Hall–Kier alpha value is -2.42. The maximum absolute atomic E-state index is 12.8. The SMILES string of the molecule is Cc1ccc(S(=O)(=O)N2CCN(Cc3cc(-c4ccco4)on3)CC2)cc1. The summed E-state index contributed by atoms with van der Waals surface area (Å²) in [6.45, 7) is 4.76. The molecule has 3 aromatic rings. The minimum atomic E-state index is -3.44. The van der Waals surface area contributed by atoms with Crippen molar-refractivity contribution in [3.8, 4) is 11.5 Å². The first-order valence-corrected chi connectivity index (χ1v) is 10.2. The van der Waals surface area contributed by atoms with Gasteiger partial charge < -0.3 is 8.94 Å². The number of hydrogen-bond acceptors (Lipinski definition) is 6. The molecule has 0 atom stereocenters. The van der Waals surface area contributed by atoms with Gasteiger partial charge in [-0.2, -0.15) is 4.31 Å². The Morgan fingerprint density at radius 1 is 1.04 bits per heavy atom. The summed E-state index contributed by atoms with van der Waals surface area (Å²) in [7, 11) is -3.44. The molecule has 0 aliphatic carbocycles. The molecule has 0 bridgehead atoms. The molecular weight excluding hydrogens is 366 g/mol. The van der Waals surface area contributed by atoms with E-state index in [4.69, 9.17) is 8.94 Å².